The van der Waals surface area contributed by atoms with Crippen LogP contribution in [0, 0.1) is 5.92 Å². The van der Waals surface area contributed by atoms with Gasteiger partial charge in [0.05, 0.1) is 5.92 Å². The Morgan fingerprint density at radius 2 is 2.04 bits per heavy atom. The van der Waals surface area contributed by atoms with Crippen LogP contribution >= 0.6 is 24.8 Å². The van der Waals surface area contributed by atoms with Crippen molar-refractivity contribution in [3.05, 3.63) is 0 Å². The van der Waals surface area contributed by atoms with Crippen LogP contribution in [-0.2, 0) is 9.59 Å². The van der Waals surface area contributed by atoms with Crippen molar-refractivity contribution < 1.29 is 9.59 Å². The molecule has 3 heterocycles. The van der Waals surface area contributed by atoms with Crippen molar-refractivity contribution in [2.24, 2.45) is 5.92 Å². The average molecular weight is 423 g/mol. The van der Waals surface area contributed by atoms with Crippen molar-refractivity contribution in [3.8, 4) is 0 Å². The zero-order valence-corrected chi connectivity index (χ0v) is 18.3. The first-order valence-electron chi connectivity index (χ1n) is 10.2. The molecule has 8 heteroatoms. The highest BCUT2D eigenvalue weighted by atomic mass is 35.5. The minimum Gasteiger partial charge on any atom is -0.340 e. The zero-order chi connectivity index (χ0) is 17.8. The second kappa shape index (κ2) is 11.4. The molecule has 0 saturated carbocycles. The van der Waals surface area contributed by atoms with Crippen molar-refractivity contribution >= 4 is 36.6 Å². The predicted octanol–water partition coefficient (Wildman–Crippen LogP) is 1.76. The van der Waals surface area contributed by atoms with E-state index in [1.54, 1.807) is 0 Å². The first kappa shape index (κ1) is 24.5. The Labute approximate surface area is 176 Å². The van der Waals surface area contributed by atoms with Gasteiger partial charge in [-0.15, -0.1) is 24.8 Å². The van der Waals surface area contributed by atoms with Crippen molar-refractivity contribution in [2.45, 2.75) is 58.0 Å². The number of halogens is 2. The van der Waals surface area contributed by atoms with Gasteiger partial charge in [-0.2, -0.15) is 0 Å². The van der Waals surface area contributed by atoms with Gasteiger partial charge in [-0.1, -0.05) is 13.8 Å². The first-order chi connectivity index (χ1) is 12.1. The molecular formula is C19H36Cl2N4O2. The second-order valence-corrected chi connectivity index (χ2v) is 7.80. The molecule has 3 aliphatic rings. The van der Waals surface area contributed by atoms with Crippen molar-refractivity contribution in [1.29, 1.82) is 0 Å². The SMILES string of the molecule is CCCN(C(=O)C1CC(=O)N(CC2CCCN2CC)C1)C1CCNC1.Cl.Cl. The lowest BCUT2D eigenvalue weighted by molar-refractivity contribution is -0.137. The lowest BCUT2D eigenvalue weighted by Crippen LogP contribution is -2.46. The third-order valence-electron chi connectivity index (χ3n) is 6.12. The normalized spacial score (nSPS) is 28.1. The summed E-state index contributed by atoms with van der Waals surface area (Å²) in [5, 5.41) is 3.36. The molecule has 1 N–H and O–H groups in total. The number of nitrogens with zero attached hydrogens (tertiary/aromatic N) is 3. The van der Waals surface area contributed by atoms with Crippen LogP contribution in [0.4, 0.5) is 0 Å². The largest absolute Gasteiger partial charge is 0.340 e. The summed E-state index contributed by atoms with van der Waals surface area (Å²) >= 11 is 0. The maximum absolute atomic E-state index is 13.1. The van der Waals surface area contributed by atoms with Crippen molar-refractivity contribution in [2.75, 3.05) is 45.8 Å². The Morgan fingerprint density at radius 1 is 1.26 bits per heavy atom. The maximum Gasteiger partial charge on any atom is 0.228 e. The number of hydrogen-bond donors (Lipinski definition) is 1. The Hall–Kier alpha value is -0.560. The average Bonchev–Trinajstić information content (AvgIpc) is 3.34. The van der Waals surface area contributed by atoms with Gasteiger partial charge in [0.2, 0.25) is 11.8 Å². The number of carbonyl (C=O) groups is 2. The van der Waals surface area contributed by atoms with Crippen LogP contribution in [0.25, 0.3) is 0 Å². The molecule has 0 aromatic rings. The fourth-order valence-corrected chi connectivity index (χ4v) is 4.74. The van der Waals surface area contributed by atoms with Crippen LogP contribution in [0.1, 0.15) is 46.0 Å². The van der Waals surface area contributed by atoms with E-state index in [9.17, 15) is 9.59 Å². The Balaban J connectivity index is 0.00000182. The highest BCUT2D eigenvalue weighted by Crippen LogP contribution is 2.25. The summed E-state index contributed by atoms with van der Waals surface area (Å²) in [6, 6.07) is 0.788. The van der Waals surface area contributed by atoms with Gasteiger partial charge in [0.1, 0.15) is 0 Å². The summed E-state index contributed by atoms with van der Waals surface area (Å²) in [5.41, 5.74) is 0. The van der Waals surface area contributed by atoms with Gasteiger partial charge in [0.15, 0.2) is 0 Å². The molecule has 6 nitrogen and oxygen atoms in total. The van der Waals surface area contributed by atoms with Crippen LogP contribution in [0.2, 0.25) is 0 Å². The first-order valence-corrected chi connectivity index (χ1v) is 10.2. The molecule has 0 aromatic heterocycles. The maximum atomic E-state index is 13.1. The Morgan fingerprint density at radius 3 is 2.67 bits per heavy atom. The summed E-state index contributed by atoms with van der Waals surface area (Å²) in [6.07, 6.45) is 4.80. The summed E-state index contributed by atoms with van der Waals surface area (Å²) < 4.78 is 0. The molecule has 0 bridgehead atoms. The number of hydrogen-bond acceptors (Lipinski definition) is 4. The van der Waals surface area contributed by atoms with Gasteiger partial charge >= 0.3 is 0 Å². The molecule has 3 aliphatic heterocycles. The smallest absolute Gasteiger partial charge is 0.228 e. The summed E-state index contributed by atoms with van der Waals surface area (Å²) in [7, 11) is 0. The van der Waals surface area contributed by atoms with Gasteiger partial charge in [0.25, 0.3) is 0 Å². The van der Waals surface area contributed by atoms with Crippen LogP contribution in [-0.4, -0.2) is 84.4 Å². The van der Waals surface area contributed by atoms with Crippen LogP contribution in [0.5, 0.6) is 0 Å². The monoisotopic (exact) mass is 422 g/mol. The van der Waals surface area contributed by atoms with Crippen molar-refractivity contribution in [1.82, 2.24) is 20.0 Å². The van der Waals surface area contributed by atoms with E-state index in [1.165, 1.54) is 12.8 Å². The molecule has 0 radical (unpaired) electrons. The molecule has 3 atom stereocenters. The summed E-state index contributed by atoms with van der Waals surface area (Å²) in [4.78, 5) is 32.1. The van der Waals surface area contributed by atoms with Crippen LogP contribution < -0.4 is 5.32 Å². The van der Waals surface area contributed by atoms with Gasteiger partial charge in [-0.25, -0.2) is 0 Å². The van der Waals surface area contributed by atoms with E-state index < -0.39 is 0 Å². The highest BCUT2D eigenvalue weighted by Gasteiger charge is 2.40. The van der Waals surface area contributed by atoms with Gasteiger partial charge < -0.3 is 15.1 Å². The van der Waals surface area contributed by atoms with E-state index in [2.05, 4.69) is 29.0 Å². The fraction of sp³-hybridized carbons (Fsp3) is 0.895. The standard InChI is InChI=1S/C19H34N4O2.2ClH/c1-3-9-23(16-7-8-20-12-16)19(25)15-11-18(24)22(13-15)14-17-6-5-10-21(17)4-2;;/h15-17,20H,3-14H2,1-2H3;2*1H. The molecule has 158 valence electrons. The van der Waals surface area contributed by atoms with Gasteiger partial charge in [-0.05, 0) is 45.3 Å². The third-order valence-corrected chi connectivity index (χ3v) is 6.12. The molecule has 3 rings (SSSR count). The summed E-state index contributed by atoms with van der Waals surface area (Å²) in [6.45, 7) is 10.6. The van der Waals surface area contributed by atoms with Crippen LogP contribution in [0.15, 0.2) is 0 Å². The minimum absolute atomic E-state index is 0. The van der Waals surface area contributed by atoms with E-state index in [-0.39, 0.29) is 42.5 Å². The number of likely N-dealkylation sites (N-methyl/N-ethyl adjacent to an activating group) is 1. The highest BCUT2D eigenvalue weighted by molar-refractivity contribution is 5.89. The molecule has 0 aromatic carbocycles. The van der Waals surface area contributed by atoms with E-state index in [0.29, 0.717) is 25.0 Å². The second-order valence-electron chi connectivity index (χ2n) is 7.80. The third kappa shape index (κ3) is 5.72. The van der Waals surface area contributed by atoms with Crippen LogP contribution in [0.3, 0.4) is 0 Å². The number of carbonyl (C=O) groups excluding carboxylic acids is 2. The molecule has 3 saturated heterocycles. The molecule has 0 aliphatic carbocycles. The number of likely N-dealkylation sites (tertiary alicyclic amines) is 2. The molecule has 27 heavy (non-hydrogen) atoms. The summed E-state index contributed by atoms with van der Waals surface area (Å²) in [5.74, 6) is 0.226. The van der Waals surface area contributed by atoms with Crippen molar-refractivity contribution in [3.63, 3.8) is 0 Å². The van der Waals surface area contributed by atoms with Gasteiger partial charge in [0, 0.05) is 44.7 Å². The topological polar surface area (TPSA) is 55.9 Å². The van der Waals surface area contributed by atoms with Gasteiger partial charge in [-0.3, -0.25) is 14.5 Å². The molecule has 3 unspecified atom stereocenters. The minimum atomic E-state index is -0.142. The predicted molar refractivity (Wildman–Crippen MR) is 113 cm³/mol. The van der Waals surface area contributed by atoms with E-state index in [1.807, 2.05) is 4.90 Å². The number of amides is 2. The molecule has 2 amide bonds. The quantitative estimate of drug-likeness (QED) is 0.678. The molecule has 0 spiro atoms. The fourth-order valence-electron chi connectivity index (χ4n) is 4.74. The van der Waals surface area contributed by atoms with E-state index in [0.717, 1.165) is 52.1 Å². The number of nitrogens with one attached hydrogen (secondary N) is 1. The van der Waals surface area contributed by atoms with E-state index in [4.69, 9.17) is 0 Å². The lowest BCUT2D eigenvalue weighted by Gasteiger charge is -2.31. The number of rotatable bonds is 7. The lowest BCUT2D eigenvalue weighted by atomic mass is 10.0. The molecular weight excluding hydrogens is 387 g/mol. The Kier molecular flexibility index (Phi) is 10.4. The van der Waals surface area contributed by atoms with E-state index >= 15 is 0 Å². The Bertz CT molecular complexity index is 488. The molecule has 3 fully saturated rings. The zero-order valence-electron chi connectivity index (χ0n) is 16.7.